The summed E-state index contributed by atoms with van der Waals surface area (Å²) in [6.07, 6.45) is 3.57. The molecule has 114 valence electrons. The van der Waals surface area contributed by atoms with Gasteiger partial charge >= 0.3 is 0 Å². The Morgan fingerprint density at radius 1 is 1.04 bits per heavy atom. The Bertz CT molecular complexity index is 897. The molecule has 2 aromatic carbocycles. The molecule has 3 heterocycles. The zero-order chi connectivity index (χ0) is 15.8. The molecule has 5 rings (SSSR count). The van der Waals surface area contributed by atoms with Gasteiger partial charge in [0.1, 0.15) is 0 Å². The predicted octanol–water partition coefficient (Wildman–Crippen LogP) is 2.67. The number of carbonyl (C=O) groups is 2. The zero-order valence-corrected chi connectivity index (χ0v) is 12.6. The second-order valence-electron chi connectivity index (χ2n) is 6.64. The van der Waals surface area contributed by atoms with Crippen LogP contribution in [-0.4, -0.2) is 23.5 Å². The van der Waals surface area contributed by atoms with Crippen LogP contribution < -0.4 is 4.90 Å². The molecule has 2 saturated heterocycles. The van der Waals surface area contributed by atoms with Gasteiger partial charge in [-0.25, -0.2) is 4.90 Å². The second-order valence-corrected chi connectivity index (χ2v) is 6.64. The molecule has 0 N–H and O–H groups in total. The lowest BCUT2D eigenvalue weighted by Gasteiger charge is -2.24. The quantitative estimate of drug-likeness (QED) is 0.601. The Morgan fingerprint density at radius 3 is 2.65 bits per heavy atom. The SMILES string of the molecule is C[C@@]12C=C[C@@H](O1)[C@H]1C(=O)N(c3cccc4ccccc34)C(=O)[C@H]12. The van der Waals surface area contributed by atoms with Gasteiger partial charge in [0.05, 0.1) is 29.2 Å². The van der Waals surface area contributed by atoms with Crippen LogP contribution in [0.15, 0.2) is 54.6 Å². The molecule has 2 amide bonds. The highest BCUT2D eigenvalue weighted by Crippen LogP contribution is 2.52. The molecule has 4 nitrogen and oxygen atoms in total. The molecule has 0 radical (unpaired) electrons. The number of nitrogens with zero attached hydrogens (tertiary/aromatic N) is 1. The minimum absolute atomic E-state index is 0.144. The molecule has 0 spiro atoms. The molecule has 23 heavy (non-hydrogen) atoms. The number of carbonyl (C=O) groups excluding carboxylic acids is 2. The van der Waals surface area contributed by atoms with E-state index in [0.717, 1.165) is 10.8 Å². The molecule has 0 aromatic heterocycles. The minimum atomic E-state index is -0.651. The monoisotopic (exact) mass is 305 g/mol. The number of fused-ring (bicyclic) bond motifs is 6. The van der Waals surface area contributed by atoms with Gasteiger partial charge in [-0.05, 0) is 18.4 Å². The van der Waals surface area contributed by atoms with Gasteiger partial charge in [-0.1, -0.05) is 48.6 Å². The van der Waals surface area contributed by atoms with Gasteiger partial charge in [0.2, 0.25) is 11.8 Å². The van der Waals surface area contributed by atoms with Gasteiger partial charge in [0, 0.05) is 5.39 Å². The highest BCUT2D eigenvalue weighted by molar-refractivity contribution is 6.26. The first kappa shape index (κ1) is 13.0. The van der Waals surface area contributed by atoms with Crippen LogP contribution in [0, 0.1) is 11.8 Å². The average molecular weight is 305 g/mol. The van der Waals surface area contributed by atoms with Crippen molar-refractivity contribution >= 4 is 28.3 Å². The topological polar surface area (TPSA) is 46.6 Å². The smallest absolute Gasteiger partial charge is 0.241 e. The number of rotatable bonds is 1. The largest absolute Gasteiger partial charge is 0.362 e. The standard InChI is InChI=1S/C19H15NO3/c1-19-10-9-14(23-19)15-16(19)18(22)20(17(15)21)13-8-4-6-11-5-2-3-7-12(11)13/h2-10,14-16H,1H3/t14-,15-,16+,19+/m1/s1. The Morgan fingerprint density at radius 2 is 1.83 bits per heavy atom. The molecule has 2 bridgehead atoms. The van der Waals surface area contributed by atoms with Gasteiger partial charge < -0.3 is 4.74 Å². The van der Waals surface area contributed by atoms with E-state index in [9.17, 15) is 9.59 Å². The molecule has 3 aliphatic heterocycles. The molecule has 2 fully saturated rings. The van der Waals surface area contributed by atoms with Crippen molar-refractivity contribution in [2.24, 2.45) is 11.8 Å². The Balaban J connectivity index is 1.68. The van der Waals surface area contributed by atoms with E-state index in [1.807, 2.05) is 61.5 Å². The number of benzene rings is 2. The van der Waals surface area contributed by atoms with Crippen molar-refractivity contribution in [3.63, 3.8) is 0 Å². The van der Waals surface area contributed by atoms with Gasteiger partial charge in [0.15, 0.2) is 0 Å². The maximum atomic E-state index is 13.0. The lowest BCUT2D eigenvalue weighted by molar-refractivity contribution is -0.126. The molecule has 4 atom stereocenters. The summed E-state index contributed by atoms with van der Waals surface area (Å²) < 4.78 is 5.86. The molecular formula is C19H15NO3. The number of amides is 2. The summed E-state index contributed by atoms with van der Waals surface area (Å²) in [6.45, 7) is 1.89. The Labute approximate surface area is 133 Å². The van der Waals surface area contributed by atoms with E-state index in [-0.39, 0.29) is 17.9 Å². The summed E-state index contributed by atoms with van der Waals surface area (Å²) in [7, 11) is 0. The summed E-state index contributed by atoms with van der Waals surface area (Å²) in [6, 6.07) is 13.5. The zero-order valence-electron chi connectivity index (χ0n) is 12.6. The maximum Gasteiger partial charge on any atom is 0.241 e. The second kappa shape index (κ2) is 4.09. The summed E-state index contributed by atoms with van der Waals surface area (Å²) in [4.78, 5) is 27.4. The van der Waals surface area contributed by atoms with E-state index in [1.54, 1.807) is 0 Å². The first-order valence-electron chi connectivity index (χ1n) is 7.83. The average Bonchev–Trinajstić information content (AvgIpc) is 3.16. The predicted molar refractivity (Wildman–Crippen MR) is 85.8 cm³/mol. The van der Waals surface area contributed by atoms with E-state index < -0.39 is 17.4 Å². The van der Waals surface area contributed by atoms with Gasteiger partial charge in [-0.2, -0.15) is 0 Å². The van der Waals surface area contributed by atoms with Gasteiger partial charge in [-0.3, -0.25) is 9.59 Å². The molecule has 0 aliphatic carbocycles. The number of hydrogen-bond acceptors (Lipinski definition) is 3. The van der Waals surface area contributed by atoms with Crippen LogP contribution in [0.2, 0.25) is 0 Å². The van der Waals surface area contributed by atoms with Crippen molar-refractivity contribution in [3.8, 4) is 0 Å². The summed E-state index contributed by atoms with van der Waals surface area (Å²) >= 11 is 0. The minimum Gasteiger partial charge on any atom is -0.362 e. The van der Waals surface area contributed by atoms with Gasteiger partial charge in [0.25, 0.3) is 0 Å². The molecule has 3 aliphatic rings. The van der Waals surface area contributed by atoms with E-state index in [2.05, 4.69) is 0 Å². The van der Waals surface area contributed by atoms with Crippen LogP contribution in [0.4, 0.5) is 5.69 Å². The van der Waals surface area contributed by atoms with Crippen molar-refractivity contribution in [2.75, 3.05) is 4.90 Å². The lowest BCUT2D eigenvalue weighted by Crippen LogP contribution is -2.38. The third-order valence-electron chi connectivity index (χ3n) is 5.34. The normalized spacial score (nSPS) is 34.7. The highest BCUT2D eigenvalue weighted by atomic mass is 16.5. The fraction of sp³-hybridized carbons (Fsp3) is 0.263. The first-order chi connectivity index (χ1) is 11.1. The van der Waals surface area contributed by atoms with Crippen LogP contribution >= 0.6 is 0 Å². The summed E-state index contributed by atoms with van der Waals surface area (Å²) in [5.74, 6) is -1.10. The van der Waals surface area contributed by atoms with E-state index in [0.29, 0.717) is 5.69 Å². The Hall–Kier alpha value is -2.46. The molecule has 4 heteroatoms. The van der Waals surface area contributed by atoms with Crippen molar-refractivity contribution in [1.29, 1.82) is 0 Å². The number of anilines is 1. The van der Waals surface area contributed by atoms with Crippen molar-refractivity contribution in [2.45, 2.75) is 18.6 Å². The molecule has 0 unspecified atom stereocenters. The van der Waals surface area contributed by atoms with Crippen molar-refractivity contribution < 1.29 is 14.3 Å². The molecule has 0 saturated carbocycles. The van der Waals surface area contributed by atoms with Crippen LogP contribution in [0.3, 0.4) is 0 Å². The van der Waals surface area contributed by atoms with Crippen molar-refractivity contribution in [3.05, 3.63) is 54.6 Å². The summed E-state index contributed by atoms with van der Waals surface area (Å²) in [5.41, 5.74) is 0.0250. The number of imide groups is 1. The third kappa shape index (κ3) is 1.49. The van der Waals surface area contributed by atoms with Crippen molar-refractivity contribution in [1.82, 2.24) is 0 Å². The summed E-state index contributed by atoms with van der Waals surface area (Å²) in [5, 5.41) is 1.94. The van der Waals surface area contributed by atoms with E-state index in [4.69, 9.17) is 4.74 Å². The number of ether oxygens (including phenoxy) is 1. The van der Waals surface area contributed by atoms with E-state index >= 15 is 0 Å². The van der Waals surface area contributed by atoms with E-state index in [1.165, 1.54) is 4.90 Å². The van der Waals surface area contributed by atoms with Crippen LogP contribution in [-0.2, 0) is 14.3 Å². The number of hydrogen-bond donors (Lipinski definition) is 0. The Kier molecular flexibility index (Phi) is 2.31. The maximum absolute atomic E-state index is 13.0. The first-order valence-corrected chi connectivity index (χ1v) is 7.83. The fourth-order valence-electron chi connectivity index (χ4n) is 4.29. The molecule has 2 aromatic rings. The van der Waals surface area contributed by atoms with Crippen LogP contribution in [0.1, 0.15) is 6.92 Å². The lowest BCUT2D eigenvalue weighted by atomic mass is 9.78. The van der Waals surface area contributed by atoms with Gasteiger partial charge in [-0.15, -0.1) is 0 Å². The van der Waals surface area contributed by atoms with Crippen LogP contribution in [0.5, 0.6) is 0 Å². The highest BCUT2D eigenvalue weighted by Gasteiger charge is 2.66. The van der Waals surface area contributed by atoms with Crippen LogP contribution in [0.25, 0.3) is 10.8 Å². The fourth-order valence-corrected chi connectivity index (χ4v) is 4.29. The third-order valence-corrected chi connectivity index (χ3v) is 5.34. The molecular weight excluding hydrogens is 290 g/mol.